The van der Waals surface area contributed by atoms with Crippen molar-refractivity contribution in [2.45, 2.75) is 106 Å². The van der Waals surface area contributed by atoms with Crippen molar-refractivity contribution in [3.05, 3.63) is 34.4 Å². The Morgan fingerprint density at radius 3 is 1.73 bits per heavy atom. The first-order chi connectivity index (χ1) is 13.9. The van der Waals surface area contributed by atoms with Crippen molar-refractivity contribution in [3.63, 3.8) is 0 Å². The molecule has 0 bridgehead atoms. The van der Waals surface area contributed by atoms with Crippen molar-refractivity contribution in [1.82, 2.24) is 0 Å². The first-order valence-electron chi connectivity index (χ1n) is 11.4. The second-order valence-electron chi connectivity index (χ2n) is 10.2. The van der Waals surface area contributed by atoms with Crippen LogP contribution in [0, 0.1) is 24.7 Å². The summed E-state index contributed by atoms with van der Waals surface area (Å²) < 4.78 is 0. The van der Waals surface area contributed by atoms with Crippen LogP contribution in [0.2, 0.25) is 0 Å². The number of hydrogen-bond donors (Lipinski definition) is 2. The fourth-order valence-corrected chi connectivity index (χ4v) is 3.76. The molecular formula is C26H42O4. The first-order valence-corrected chi connectivity index (χ1v) is 11.4. The molecule has 0 amide bonds. The molecule has 1 rings (SSSR count). The second kappa shape index (κ2) is 11.5. The van der Waals surface area contributed by atoms with E-state index in [1.165, 1.54) is 22.3 Å². The summed E-state index contributed by atoms with van der Waals surface area (Å²) in [6.45, 7) is 11.6. The lowest BCUT2D eigenvalue weighted by molar-refractivity contribution is -0.148. The molecule has 4 heteroatoms. The van der Waals surface area contributed by atoms with Crippen molar-refractivity contribution in [1.29, 1.82) is 0 Å². The lowest BCUT2D eigenvalue weighted by Gasteiger charge is -2.19. The van der Waals surface area contributed by atoms with E-state index in [0.29, 0.717) is 6.42 Å². The molecule has 2 N–H and O–H groups in total. The minimum atomic E-state index is -0.719. The Kier molecular flexibility index (Phi) is 10.1. The molecule has 4 nitrogen and oxygen atoms in total. The minimum Gasteiger partial charge on any atom is -0.481 e. The second-order valence-corrected chi connectivity index (χ2v) is 10.2. The first kappa shape index (κ1) is 26.2. The van der Waals surface area contributed by atoms with Gasteiger partial charge >= 0.3 is 11.9 Å². The average Bonchev–Trinajstić information content (AvgIpc) is 2.64. The number of benzene rings is 1. The van der Waals surface area contributed by atoms with Crippen LogP contribution >= 0.6 is 0 Å². The Balaban J connectivity index is 2.47. The van der Waals surface area contributed by atoms with E-state index in [4.69, 9.17) is 0 Å². The number of aryl methyl sites for hydroxylation is 3. The molecule has 0 aromatic heterocycles. The maximum absolute atomic E-state index is 11.2. The molecule has 0 fully saturated rings. The van der Waals surface area contributed by atoms with E-state index in [-0.39, 0.29) is 0 Å². The van der Waals surface area contributed by atoms with Gasteiger partial charge in [-0.3, -0.25) is 9.59 Å². The third-order valence-corrected chi connectivity index (χ3v) is 6.51. The van der Waals surface area contributed by atoms with E-state index in [0.717, 1.165) is 57.8 Å². The van der Waals surface area contributed by atoms with Crippen molar-refractivity contribution in [3.8, 4) is 0 Å². The van der Waals surface area contributed by atoms with E-state index in [1.54, 1.807) is 27.7 Å². The smallest absolute Gasteiger partial charge is 0.309 e. The van der Waals surface area contributed by atoms with Gasteiger partial charge in [0.25, 0.3) is 0 Å². The third kappa shape index (κ3) is 8.49. The zero-order valence-electron chi connectivity index (χ0n) is 19.9. The Bertz CT molecular complexity index is 716. The summed E-state index contributed by atoms with van der Waals surface area (Å²) in [5.41, 5.74) is 4.18. The Morgan fingerprint density at radius 2 is 1.20 bits per heavy atom. The van der Waals surface area contributed by atoms with E-state index >= 15 is 0 Å². The molecule has 0 spiro atoms. The Hall–Kier alpha value is -1.84. The van der Waals surface area contributed by atoms with Gasteiger partial charge in [0, 0.05) is 0 Å². The normalized spacial score (nSPS) is 12.2. The minimum absolute atomic E-state index is 0.622. The quantitative estimate of drug-likeness (QED) is 0.328. The summed E-state index contributed by atoms with van der Waals surface area (Å²) in [7, 11) is 0. The van der Waals surface area contributed by atoms with E-state index in [9.17, 15) is 19.8 Å². The summed E-state index contributed by atoms with van der Waals surface area (Å²) in [4.78, 5) is 22.4. The highest BCUT2D eigenvalue weighted by molar-refractivity contribution is 5.73. The molecule has 170 valence electrons. The van der Waals surface area contributed by atoms with E-state index in [2.05, 4.69) is 26.0 Å². The molecular weight excluding hydrogens is 376 g/mol. The van der Waals surface area contributed by atoms with Crippen LogP contribution in [0.5, 0.6) is 0 Å². The highest BCUT2D eigenvalue weighted by Gasteiger charge is 2.26. The fourth-order valence-electron chi connectivity index (χ4n) is 3.76. The summed E-state index contributed by atoms with van der Waals surface area (Å²) in [5.74, 6) is -1.43. The molecule has 1 aromatic rings. The molecule has 0 radical (unpaired) electrons. The van der Waals surface area contributed by atoms with Crippen LogP contribution in [0.4, 0.5) is 0 Å². The van der Waals surface area contributed by atoms with Gasteiger partial charge < -0.3 is 10.2 Å². The summed E-state index contributed by atoms with van der Waals surface area (Å²) in [6, 6.07) is 4.62. The number of hydrogen-bond acceptors (Lipinski definition) is 2. The number of aliphatic carboxylic acids is 2. The van der Waals surface area contributed by atoms with Crippen LogP contribution in [0.15, 0.2) is 12.1 Å². The van der Waals surface area contributed by atoms with Gasteiger partial charge in [0.05, 0.1) is 10.8 Å². The van der Waals surface area contributed by atoms with Crippen LogP contribution in [-0.4, -0.2) is 22.2 Å². The highest BCUT2D eigenvalue weighted by Crippen LogP contribution is 2.26. The zero-order valence-corrected chi connectivity index (χ0v) is 19.9. The molecule has 1 aromatic carbocycles. The van der Waals surface area contributed by atoms with Gasteiger partial charge in [0.2, 0.25) is 0 Å². The van der Waals surface area contributed by atoms with E-state index in [1.807, 2.05) is 0 Å². The van der Waals surface area contributed by atoms with Gasteiger partial charge in [-0.2, -0.15) is 0 Å². The molecule has 0 aliphatic heterocycles. The van der Waals surface area contributed by atoms with Crippen LogP contribution in [-0.2, 0) is 22.4 Å². The van der Waals surface area contributed by atoms with Gasteiger partial charge in [-0.15, -0.1) is 0 Å². The number of carboxylic acids is 2. The van der Waals surface area contributed by atoms with Crippen molar-refractivity contribution >= 4 is 11.9 Å². The van der Waals surface area contributed by atoms with Crippen molar-refractivity contribution < 1.29 is 19.8 Å². The zero-order chi connectivity index (χ0) is 22.9. The molecule has 0 aliphatic rings. The predicted octanol–water partition coefficient (Wildman–Crippen LogP) is 6.73. The average molecular weight is 419 g/mol. The van der Waals surface area contributed by atoms with Crippen LogP contribution < -0.4 is 0 Å². The van der Waals surface area contributed by atoms with Crippen molar-refractivity contribution in [2.24, 2.45) is 10.8 Å². The molecule has 0 saturated heterocycles. The van der Waals surface area contributed by atoms with E-state index < -0.39 is 22.8 Å². The third-order valence-electron chi connectivity index (χ3n) is 6.51. The number of carbonyl (C=O) groups is 2. The monoisotopic (exact) mass is 418 g/mol. The predicted molar refractivity (Wildman–Crippen MR) is 123 cm³/mol. The van der Waals surface area contributed by atoms with Crippen LogP contribution in [0.3, 0.4) is 0 Å². The fraction of sp³-hybridized carbons (Fsp3) is 0.692. The molecule has 0 aliphatic carbocycles. The lowest BCUT2D eigenvalue weighted by Crippen LogP contribution is -2.23. The van der Waals surface area contributed by atoms with Crippen molar-refractivity contribution in [2.75, 3.05) is 0 Å². The number of rotatable bonds is 14. The summed E-state index contributed by atoms with van der Waals surface area (Å²) >= 11 is 0. The molecule has 0 saturated carbocycles. The van der Waals surface area contributed by atoms with Gasteiger partial charge in [0.1, 0.15) is 0 Å². The summed E-state index contributed by atoms with van der Waals surface area (Å²) in [6.07, 6.45) is 9.73. The molecule has 0 heterocycles. The van der Waals surface area contributed by atoms with Gasteiger partial charge in [0.15, 0.2) is 0 Å². The number of unbranched alkanes of at least 4 members (excludes halogenated alkanes) is 4. The van der Waals surface area contributed by atoms with Crippen LogP contribution in [0.1, 0.15) is 101 Å². The SMILES string of the molecule is Cc1cc(CCCCCCC(C)(C)C(=O)O)cc(CCCCC(C)(C)C(=O)O)c1C. The largest absolute Gasteiger partial charge is 0.481 e. The van der Waals surface area contributed by atoms with Gasteiger partial charge in [-0.25, -0.2) is 0 Å². The van der Waals surface area contributed by atoms with Crippen LogP contribution in [0.25, 0.3) is 0 Å². The maximum Gasteiger partial charge on any atom is 0.309 e. The highest BCUT2D eigenvalue weighted by atomic mass is 16.4. The lowest BCUT2D eigenvalue weighted by atomic mass is 9.86. The Morgan fingerprint density at radius 1 is 0.733 bits per heavy atom. The molecule has 30 heavy (non-hydrogen) atoms. The number of carboxylic acid groups (broad SMARTS) is 2. The van der Waals surface area contributed by atoms with Gasteiger partial charge in [-0.05, 0) is 102 Å². The molecule has 0 atom stereocenters. The summed E-state index contributed by atoms with van der Waals surface area (Å²) in [5, 5.41) is 18.4. The standard InChI is InChI=1S/C26H42O4/c1-19-17-21(13-9-7-8-11-15-25(3,4)23(27)28)18-22(20(19)2)14-10-12-16-26(5,6)24(29)30/h17-18H,7-16H2,1-6H3,(H,27,28)(H,29,30). The Labute approximate surface area is 183 Å². The topological polar surface area (TPSA) is 74.6 Å². The van der Waals surface area contributed by atoms with Gasteiger partial charge in [-0.1, -0.05) is 37.8 Å². The molecule has 0 unspecified atom stereocenters. The maximum atomic E-state index is 11.2.